The predicted molar refractivity (Wildman–Crippen MR) is 114 cm³/mol. The third-order valence-corrected chi connectivity index (χ3v) is 6.48. The van der Waals surface area contributed by atoms with Crippen LogP contribution in [0.1, 0.15) is 21.7 Å². The minimum Gasteiger partial charge on any atom is -0.354 e. The van der Waals surface area contributed by atoms with Crippen LogP contribution in [0, 0.1) is 6.92 Å². The molecule has 0 radical (unpaired) electrons. The summed E-state index contributed by atoms with van der Waals surface area (Å²) in [5, 5.41) is 14.5. The summed E-state index contributed by atoms with van der Waals surface area (Å²) in [6, 6.07) is 10.6. The van der Waals surface area contributed by atoms with E-state index in [-0.39, 0.29) is 5.91 Å². The quantitative estimate of drug-likeness (QED) is 0.695. The lowest BCUT2D eigenvalue weighted by molar-refractivity contribution is 0.0959. The summed E-state index contributed by atoms with van der Waals surface area (Å²) < 4.78 is 0.892. The van der Waals surface area contributed by atoms with Crippen LogP contribution in [0.5, 0.6) is 0 Å². The Bertz CT molecular complexity index is 1060. The summed E-state index contributed by atoms with van der Waals surface area (Å²) >= 11 is 3.38. The molecule has 1 aliphatic rings. The number of fused-ring (bicyclic) bond motifs is 1. The molecular formula is C21H19N3OS2. The lowest BCUT2D eigenvalue weighted by atomic mass is 10.1. The minimum absolute atomic E-state index is 0.205. The van der Waals surface area contributed by atoms with Crippen molar-refractivity contribution in [2.75, 3.05) is 12.8 Å². The average molecular weight is 394 g/mol. The molecule has 1 aromatic carbocycles. The highest BCUT2D eigenvalue weighted by Crippen LogP contribution is 2.37. The van der Waals surface area contributed by atoms with Gasteiger partial charge >= 0.3 is 0 Å². The van der Waals surface area contributed by atoms with Crippen molar-refractivity contribution in [3.05, 3.63) is 70.4 Å². The molecule has 1 aliphatic heterocycles. The number of hydrogen-bond donors (Lipinski definition) is 1. The summed E-state index contributed by atoms with van der Waals surface area (Å²) in [6.07, 6.45) is 5.02. The Morgan fingerprint density at radius 2 is 2.04 bits per heavy atom. The molecule has 136 valence electrons. The van der Waals surface area contributed by atoms with E-state index in [1.54, 1.807) is 30.1 Å². The molecule has 0 atom stereocenters. The normalized spacial score (nSPS) is 13.6. The summed E-state index contributed by atoms with van der Waals surface area (Å²) in [4.78, 5) is 13.4. The van der Waals surface area contributed by atoms with Crippen LogP contribution in [0.2, 0.25) is 0 Å². The highest BCUT2D eigenvalue weighted by atomic mass is 32.2. The van der Waals surface area contributed by atoms with E-state index in [4.69, 9.17) is 0 Å². The molecule has 0 aliphatic carbocycles. The Labute approximate surface area is 166 Å². The van der Waals surface area contributed by atoms with Crippen LogP contribution in [0.4, 0.5) is 0 Å². The number of thioether (sulfide) groups is 1. The van der Waals surface area contributed by atoms with Gasteiger partial charge in [-0.2, -0.15) is 5.10 Å². The van der Waals surface area contributed by atoms with Crippen molar-refractivity contribution in [1.29, 1.82) is 0 Å². The number of amides is 1. The number of allylic oxidation sites excluding steroid dienone is 2. The third kappa shape index (κ3) is 3.68. The summed E-state index contributed by atoms with van der Waals surface area (Å²) in [6.45, 7) is 2.08. The van der Waals surface area contributed by atoms with E-state index >= 15 is 0 Å². The van der Waals surface area contributed by atoms with E-state index in [2.05, 4.69) is 70.3 Å². The number of thiophene rings is 1. The van der Waals surface area contributed by atoms with Gasteiger partial charge in [-0.1, -0.05) is 42.0 Å². The van der Waals surface area contributed by atoms with Crippen LogP contribution in [0.25, 0.3) is 20.5 Å². The van der Waals surface area contributed by atoms with Gasteiger partial charge in [-0.25, -0.2) is 0 Å². The maximum absolute atomic E-state index is 12.3. The molecule has 6 heteroatoms. The third-order valence-electron chi connectivity index (χ3n) is 4.44. The van der Waals surface area contributed by atoms with Crippen molar-refractivity contribution in [1.82, 2.24) is 15.5 Å². The van der Waals surface area contributed by atoms with Gasteiger partial charge in [-0.3, -0.25) is 4.79 Å². The van der Waals surface area contributed by atoms with Crippen molar-refractivity contribution in [2.45, 2.75) is 13.3 Å². The number of aryl methyl sites for hydroxylation is 1. The van der Waals surface area contributed by atoms with Crippen LogP contribution < -0.4 is 5.32 Å². The van der Waals surface area contributed by atoms with Gasteiger partial charge in [0.2, 0.25) is 0 Å². The molecule has 1 amide bonds. The minimum atomic E-state index is -0.205. The molecule has 3 heterocycles. The van der Waals surface area contributed by atoms with E-state index in [0.717, 1.165) is 32.0 Å². The zero-order valence-electron chi connectivity index (χ0n) is 15.2. The average Bonchev–Trinajstić information content (AvgIpc) is 3.15. The number of benzene rings is 1. The molecule has 0 saturated heterocycles. The largest absolute Gasteiger partial charge is 0.354 e. The van der Waals surface area contributed by atoms with Crippen molar-refractivity contribution >= 4 is 39.1 Å². The second-order valence-electron chi connectivity index (χ2n) is 6.40. The number of nitrogens with zero attached hydrogens (tertiary/aromatic N) is 2. The fraction of sp³-hybridized carbons (Fsp3) is 0.190. The van der Waals surface area contributed by atoms with Crippen LogP contribution in [-0.2, 0) is 6.42 Å². The first kappa shape index (κ1) is 17.9. The zero-order valence-corrected chi connectivity index (χ0v) is 16.8. The Kier molecular flexibility index (Phi) is 5.09. The first-order valence-electron chi connectivity index (χ1n) is 8.71. The maximum atomic E-state index is 12.3. The van der Waals surface area contributed by atoms with Crippen LogP contribution in [-0.4, -0.2) is 28.9 Å². The Hall–Kier alpha value is -2.44. The Morgan fingerprint density at radius 3 is 2.74 bits per heavy atom. The monoisotopic (exact) mass is 393 g/mol. The van der Waals surface area contributed by atoms with Crippen molar-refractivity contribution in [3.63, 3.8) is 0 Å². The number of hydrogen-bond acceptors (Lipinski definition) is 5. The molecule has 0 saturated carbocycles. The number of rotatable bonds is 4. The lowest BCUT2D eigenvalue weighted by Crippen LogP contribution is -2.20. The topological polar surface area (TPSA) is 54.9 Å². The molecular weight excluding hydrogens is 374 g/mol. The summed E-state index contributed by atoms with van der Waals surface area (Å²) in [5.74, 6) is 0.805. The highest BCUT2D eigenvalue weighted by molar-refractivity contribution is 8.02. The van der Waals surface area contributed by atoms with Gasteiger partial charge < -0.3 is 5.32 Å². The van der Waals surface area contributed by atoms with Crippen LogP contribution in [0.15, 0.2) is 53.5 Å². The van der Waals surface area contributed by atoms with Crippen molar-refractivity contribution < 1.29 is 4.79 Å². The second-order valence-corrected chi connectivity index (χ2v) is 8.35. The van der Waals surface area contributed by atoms with Crippen molar-refractivity contribution in [3.8, 4) is 10.4 Å². The number of aromatic nitrogens is 2. The fourth-order valence-electron chi connectivity index (χ4n) is 2.99. The standard InChI is InChI=1S/C21H19N3OS2/c1-13-5-7-15(8-6-13)18-11-16-17(10-14-4-3-9-26-12-14)23-24-19(20(16)27-18)21(25)22-2/h3-8,11-12H,9-10H2,1-2H3,(H,22,25). The Balaban J connectivity index is 1.84. The van der Waals surface area contributed by atoms with Gasteiger partial charge in [0.1, 0.15) is 0 Å². The van der Waals surface area contributed by atoms with Gasteiger partial charge in [-0.15, -0.1) is 28.2 Å². The SMILES string of the molecule is CNC(=O)c1nnc(CC2=CSCC=C2)c2cc(-c3ccc(C)cc3)sc12. The molecule has 0 bridgehead atoms. The molecule has 0 fully saturated rings. The molecule has 1 N–H and O–H groups in total. The van der Waals surface area contributed by atoms with Gasteiger partial charge in [0.15, 0.2) is 5.69 Å². The second kappa shape index (κ2) is 7.66. The zero-order chi connectivity index (χ0) is 18.8. The summed E-state index contributed by atoms with van der Waals surface area (Å²) in [5.41, 5.74) is 4.89. The molecule has 27 heavy (non-hydrogen) atoms. The smallest absolute Gasteiger partial charge is 0.273 e. The van der Waals surface area contributed by atoms with Crippen molar-refractivity contribution in [2.24, 2.45) is 0 Å². The van der Waals surface area contributed by atoms with Crippen LogP contribution >= 0.6 is 23.1 Å². The first-order valence-corrected chi connectivity index (χ1v) is 10.6. The van der Waals surface area contributed by atoms with Gasteiger partial charge in [-0.05, 0) is 29.5 Å². The number of carbonyl (C=O) groups is 1. The number of carbonyl (C=O) groups excluding carboxylic acids is 1. The van der Waals surface area contributed by atoms with Crippen LogP contribution in [0.3, 0.4) is 0 Å². The Morgan fingerprint density at radius 1 is 1.22 bits per heavy atom. The molecule has 0 unspecified atom stereocenters. The highest BCUT2D eigenvalue weighted by Gasteiger charge is 2.19. The van der Waals surface area contributed by atoms with E-state index in [1.807, 2.05) is 0 Å². The van der Waals surface area contributed by atoms with E-state index in [0.29, 0.717) is 12.1 Å². The molecule has 2 aromatic heterocycles. The first-order chi connectivity index (χ1) is 13.2. The predicted octanol–water partition coefficient (Wildman–Crippen LogP) is 4.76. The molecule has 4 nitrogen and oxygen atoms in total. The van der Waals surface area contributed by atoms with Gasteiger partial charge in [0, 0.05) is 29.5 Å². The molecule has 0 spiro atoms. The molecule has 4 rings (SSSR count). The van der Waals surface area contributed by atoms with E-state index in [9.17, 15) is 4.79 Å². The maximum Gasteiger partial charge on any atom is 0.273 e. The van der Waals surface area contributed by atoms with E-state index in [1.165, 1.54) is 11.1 Å². The van der Waals surface area contributed by atoms with Gasteiger partial charge in [0.05, 0.1) is 10.4 Å². The summed E-state index contributed by atoms with van der Waals surface area (Å²) in [7, 11) is 1.62. The number of nitrogens with one attached hydrogen (secondary N) is 1. The fourth-order valence-corrected chi connectivity index (χ4v) is 4.84. The molecule has 3 aromatic rings. The van der Waals surface area contributed by atoms with E-state index < -0.39 is 0 Å². The van der Waals surface area contributed by atoms with Gasteiger partial charge in [0.25, 0.3) is 5.91 Å². The lowest BCUT2D eigenvalue weighted by Gasteiger charge is -2.08.